The van der Waals surface area contributed by atoms with Gasteiger partial charge in [0.2, 0.25) is 9.84 Å². The summed E-state index contributed by atoms with van der Waals surface area (Å²) in [5, 5.41) is 0.949. The van der Waals surface area contributed by atoms with E-state index in [0.717, 1.165) is 16.1 Å². The topological polar surface area (TPSA) is 47.0 Å². The van der Waals surface area contributed by atoms with Gasteiger partial charge in [-0.2, -0.15) is 0 Å². The predicted octanol–water partition coefficient (Wildman–Crippen LogP) is 2.56. The van der Waals surface area contributed by atoms with Gasteiger partial charge in [0.25, 0.3) is 0 Å². The summed E-state index contributed by atoms with van der Waals surface area (Å²) in [6.45, 7) is 1.98. The SMILES string of the molecule is CCc1nc2cc(S(=O)(=O)CF)ccc2s1. The van der Waals surface area contributed by atoms with Crippen LogP contribution in [0.4, 0.5) is 4.39 Å². The third-order valence-corrected chi connectivity index (χ3v) is 4.65. The van der Waals surface area contributed by atoms with E-state index in [2.05, 4.69) is 4.98 Å². The number of thiazole rings is 1. The van der Waals surface area contributed by atoms with Crippen LogP contribution in [0.5, 0.6) is 0 Å². The second-order valence-corrected chi connectivity index (χ2v) is 6.35. The lowest BCUT2D eigenvalue weighted by Gasteiger charge is -1.98. The van der Waals surface area contributed by atoms with E-state index in [0.29, 0.717) is 5.52 Å². The first kappa shape index (κ1) is 11.5. The molecule has 0 bridgehead atoms. The first-order valence-electron chi connectivity index (χ1n) is 4.75. The Morgan fingerprint density at radius 1 is 1.44 bits per heavy atom. The molecule has 0 radical (unpaired) electrons. The van der Waals surface area contributed by atoms with E-state index in [-0.39, 0.29) is 4.90 Å². The highest BCUT2D eigenvalue weighted by atomic mass is 32.2. The summed E-state index contributed by atoms with van der Waals surface area (Å²) in [5.74, 6) is 0. The molecule has 16 heavy (non-hydrogen) atoms. The number of rotatable bonds is 3. The quantitative estimate of drug-likeness (QED) is 0.851. The third kappa shape index (κ3) is 1.94. The smallest absolute Gasteiger partial charge is 0.207 e. The number of halogens is 1. The van der Waals surface area contributed by atoms with Gasteiger partial charge in [-0.1, -0.05) is 6.92 Å². The maximum Gasteiger partial charge on any atom is 0.207 e. The number of aryl methyl sites for hydroxylation is 1. The predicted molar refractivity (Wildman–Crippen MR) is 62.2 cm³/mol. The number of aromatic nitrogens is 1. The minimum atomic E-state index is -3.79. The first-order valence-corrected chi connectivity index (χ1v) is 7.22. The average Bonchev–Trinajstić information content (AvgIpc) is 2.70. The van der Waals surface area contributed by atoms with Gasteiger partial charge in [0.05, 0.1) is 20.1 Å². The van der Waals surface area contributed by atoms with Crippen molar-refractivity contribution in [1.82, 2.24) is 4.98 Å². The van der Waals surface area contributed by atoms with Crippen LogP contribution in [0.1, 0.15) is 11.9 Å². The van der Waals surface area contributed by atoms with Gasteiger partial charge in [0, 0.05) is 0 Å². The minimum Gasteiger partial charge on any atom is -0.241 e. The molecule has 0 saturated heterocycles. The number of benzene rings is 1. The maximum atomic E-state index is 12.3. The lowest BCUT2D eigenvalue weighted by atomic mass is 10.3. The van der Waals surface area contributed by atoms with Crippen LogP contribution >= 0.6 is 11.3 Å². The van der Waals surface area contributed by atoms with Crippen LogP contribution in [0.3, 0.4) is 0 Å². The molecule has 2 rings (SSSR count). The van der Waals surface area contributed by atoms with Crippen molar-refractivity contribution in [3.63, 3.8) is 0 Å². The number of alkyl halides is 1. The van der Waals surface area contributed by atoms with Crippen LogP contribution in [-0.2, 0) is 16.3 Å². The lowest BCUT2D eigenvalue weighted by molar-refractivity contribution is 0.534. The monoisotopic (exact) mass is 259 g/mol. The highest BCUT2D eigenvalue weighted by Gasteiger charge is 2.15. The molecule has 0 aliphatic rings. The second kappa shape index (κ2) is 4.10. The summed E-state index contributed by atoms with van der Waals surface area (Å²) < 4.78 is 35.9. The molecular weight excluding hydrogens is 249 g/mol. The summed E-state index contributed by atoms with van der Waals surface area (Å²) in [6, 6.07) is 3.16. The lowest BCUT2D eigenvalue weighted by Crippen LogP contribution is -2.02. The van der Waals surface area contributed by atoms with Crippen molar-refractivity contribution in [3.05, 3.63) is 23.2 Å². The Bertz CT molecular complexity index is 619. The molecular formula is C10H10FNO2S2. The van der Waals surface area contributed by atoms with Crippen LogP contribution in [0, 0.1) is 0 Å². The van der Waals surface area contributed by atoms with Crippen LogP contribution in [0.25, 0.3) is 10.2 Å². The van der Waals surface area contributed by atoms with Crippen LogP contribution in [0.15, 0.2) is 23.1 Å². The standard InChI is InChI=1S/C10H10FNO2S2/c1-2-10-12-8-5-7(16(13,14)6-11)3-4-9(8)15-10/h3-5H,2,6H2,1H3. The van der Waals surface area contributed by atoms with Crippen LogP contribution in [-0.4, -0.2) is 19.4 Å². The van der Waals surface area contributed by atoms with E-state index >= 15 is 0 Å². The van der Waals surface area contributed by atoms with Gasteiger partial charge in [-0.3, -0.25) is 0 Å². The molecule has 1 aromatic heterocycles. The minimum absolute atomic E-state index is 0.00421. The van der Waals surface area contributed by atoms with Crippen molar-refractivity contribution in [2.75, 3.05) is 6.01 Å². The van der Waals surface area contributed by atoms with E-state index in [1.54, 1.807) is 6.07 Å². The number of hydrogen-bond acceptors (Lipinski definition) is 4. The first-order chi connectivity index (χ1) is 7.56. The fourth-order valence-corrected chi connectivity index (χ4v) is 2.94. The van der Waals surface area contributed by atoms with Crippen molar-refractivity contribution in [1.29, 1.82) is 0 Å². The van der Waals surface area contributed by atoms with Gasteiger partial charge in [-0.25, -0.2) is 17.8 Å². The summed E-state index contributed by atoms with van der Waals surface area (Å²) >= 11 is 1.52. The molecule has 3 nitrogen and oxygen atoms in total. The molecule has 0 N–H and O–H groups in total. The summed E-state index contributed by atoms with van der Waals surface area (Å²) in [6.07, 6.45) is 0.810. The molecule has 0 amide bonds. The zero-order valence-electron chi connectivity index (χ0n) is 8.60. The van der Waals surface area contributed by atoms with E-state index in [9.17, 15) is 12.8 Å². The van der Waals surface area contributed by atoms with Crippen molar-refractivity contribution in [3.8, 4) is 0 Å². The van der Waals surface area contributed by atoms with Gasteiger partial charge in [0.15, 0.2) is 6.01 Å². The van der Waals surface area contributed by atoms with Gasteiger partial charge in [-0.05, 0) is 24.6 Å². The number of nitrogens with zero attached hydrogens (tertiary/aromatic N) is 1. The van der Waals surface area contributed by atoms with E-state index in [4.69, 9.17) is 0 Å². The van der Waals surface area contributed by atoms with E-state index in [1.165, 1.54) is 23.5 Å². The molecule has 0 unspecified atom stereocenters. The summed E-state index contributed by atoms with van der Waals surface area (Å²) in [5.41, 5.74) is 0.622. The number of fused-ring (bicyclic) bond motifs is 1. The Labute approximate surface area is 96.9 Å². The molecule has 0 aliphatic heterocycles. The number of sulfone groups is 1. The van der Waals surface area contributed by atoms with Gasteiger partial charge in [-0.15, -0.1) is 11.3 Å². The Hall–Kier alpha value is -1.01. The normalized spacial score (nSPS) is 12.1. The Morgan fingerprint density at radius 2 is 2.19 bits per heavy atom. The Morgan fingerprint density at radius 3 is 2.81 bits per heavy atom. The number of hydrogen-bond donors (Lipinski definition) is 0. The largest absolute Gasteiger partial charge is 0.241 e. The summed E-state index contributed by atoms with van der Waals surface area (Å²) in [7, 11) is -3.79. The molecule has 2 aromatic rings. The van der Waals surface area contributed by atoms with Crippen molar-refractivity contribution >= 4 is 31.4 Å². The highest BCUT2D eigenvalue weighted by molar-refractivity contribution is 7.91. The zero-order valence-corrected chi connectivity index (χ0v) is 10.2. The Balaban J connectivity index is 2.60. The van der Waals surface area contributed by atoms with E-state index < -0.39 is 15.8 Å². The van der Waals surface area contributed by atoms with Crippen LogP contribution < -0.4 is 0 Å². The third-order valence-electron chi connectivity index (χ3n) is 2.21. The average molecular weight is 259 g/mol. The highest BCUT2D eigenvalue weighted by Crippen LogP contribution is 2.25. The zero-order chi connectivity index (χ0) is 11.8. The van der Waals surface area contributed by atoms with Gasteiger partial charge >= 0.3 is 0 Å². The molecule has 0 saturated carbocycles. The fourth-order valence-electron chi connectivity index (χ4n) is 1.36. The molecule has 1 heterocycles. The maximum absolute atomic E-state index is 12.3. The van der Waals surface area contributed by atoms with Gasteiger partial charge in [0.1, 0.15) is 0 Å². The van der Waals surface area contributed by atoms with Crippen molar-refractivity contribution in [2.24, 2.45) is 0 Å². The molecule has 0 fully saturated rings. The second-order valence-electron chi connectivity index (χ2n) is 3.31. The van der Waals surface area contributed by atoms with Crippen molar-refractivity contribution < 1.29 is 12.8 Å². The molecule has 86 valence electrons. The Kier molecular flexibility index (Phi) is 2.94. The summed E-state index contributed by atoms with van der Waals surface area (Å²) in [4.78, 5) is 4.27. The molecule has 0 atom stereocenters. The van der Waals surface area contributed by atoms with Crippen molar-refractivity contribution in [2.45, 2.75) is 18.2 Å². The fraction of sp³-hybridized carbons (Fsp3) is 0.300. The molecule has 0 aliphatic carbocycles. The molecule has 1 aromatic carbocycles. The molecule has 0 spiro atoms. The van der Waals surface area contributed by atoms with E-state index in [1.807, 2.05) is 6.92 Å². The molecule has 6 heteroatoms. The van der Waals surface area contributed by atoms with Gasteiger partial charge < -0.3 is 0 Å². The van der Waals surface area contributed by atoms with Crippen LogP contribution in [0.2, 0.25) is 0 Å².